The Morgan fingerprint density at radius 2 is 1.73 bits per heavy atom. The third-order valence-electron chi connectivity index (χ3n) is 4.48. The van der Waals surface area contributed by atoms with Crippen LogP contribution < -0.4 is 4.74 Å². The van der Waals surface area contributed by atoms with E-state index in [2.05, 4.69) is 46.2 Å². The minimum atomic E-state index is 0.247. The van der Waals surface area contributed by atoms with Crippen LogP contribution in [-0.2, 0) is 6.54 Å². The Balaban J connectivity index is 1.79. The average Bonchev–Trinajstić information content (AvgIpc) is 2.57. The Bertz CT molecular complexity index is 622. The van der Waals surface area contributed by atoms with Gasteiger partial charge < -0.3 is 9.84 Å². The number of aliphatic hydroxyl groups is 1. The van der Waals surface area contributed by atoms with Crippen LogP contribution in [0.4, 0.5) is 0 Å². The summed E-state index contributed by atoms with van der Waals surface area (Å²) < 4.78 is 5.58. The summed E-state index contributed by atoms with van der Waals surface area (Å²) in [5.41, 5.74) is 1.27. The lowest BCUT2D eigenvalue weighted by Gasteiger charge is -2.34. The Morgan fingerprint density at radius 3 is 2.45 bits per heavy atom. The number of methoxy groups -OCH3 is 1. The zero-order valence-corrected chi connectivity index (χ0v) is 13.2. The first kappa shape index (κ1) is 15.3. The number of aliphatic hydroxyl groups excluding tert-OH is 1. The van der Waals surface area contributed by atoms with Gasteiger partial charge >= 0.3 is 0 Å². The molecule has 2 aromatic carbocycles. The Hall–Kier alpha value is -1.62. The Kier molecular flexibility index (Phi) is 4.93. The van der Waals surface area contributed by atoms with Crippen molar-refractivity contribution < 1.29 is 9.84 Å². The van der Waals surface area contributed by atoms with Crippen molar-refractivity contribution in [2.75, 3.05) is 46.4 Å². The molecular weight excluding hydrogens is 276 g/mol. The number of β-amino-alcohol motifs (C(OH)–C–C–N with tert-alkyl or cyclic N) is 1. The molecule has 22 heavy (non-hydrogen) atoms. The van der Waals surface area contributed by atoms with Gasteiger partial charge in [0.05, 0.1) is 13.7 Å². The van der Waals surface area contributed by atoms with E-state index in [4.69, 9.17) is 9.84 Å². The molecule has 0 radical (unpaired) electrons. The van der Waals surface area contributed by atoms with E-state index in [9.17, 15) is 0 Å². The fourth-order valence-corrected chi connectivity index (χ4v) is 3.21. The summed E-state index contributed by atoms with van der Waals surface area (Å²) >= 11 is 0. The normalized spacial score (nSPS) is 17.0. The minimum absolute atomic E-state index is 0.247. The zero-order valence-electron chi connectivity index (χ0n) is 13.2. The summed E-state index contributed by atoms with van der Waals surface area (Å²) in [5, 5.41) is 11.6. The highest BCUT2D eigenvalue weighted by Crippen LogP contribution is 2.29. The average molecular weight is 300 g/mol. The zero-order chi connectivity index (χ0) is 15.4. The molecule has 3 rings (SSSR count). The molecule has 2 aromatic rings. The van der Waals surface area contributed by atoms with E-state index >= 15 is 0 Å². The molecule has 0 atom stereocenters. The van der Waals surface area contributed by atoms with Crippen LogP contribution in [0.3, 0.4) is 0 Å². The molecule has 0 spiro atoms. The summed E-state index contributed by atoms with van der Waals surface area (Å²) in [5.74, 6) is 0.969. The lowest BCUT2D eigenvalue weighted by atomic mass is 10.0. The molecule has 1 aliphatic rings. The van der Waals surface area contributed by atoms with Gasteiger partial charge in [-0.3, -0.25) is 9.80 Å². The quantitative estimate of drug-likeness (QED) is 0.916. The number of hydrogen-bond donors (Lipinski definition) is 1. The number of hydrogen-bond acceptors (Lipinski definition) is 4. The van der Waals surface area contributed by atoms with Crippen LogP contribution in [0.15, 0.2) is 36.4 Å². The van der Waals surface area contributed by atoms with Gasteiger partial charge in [0, 0.05) is 44.8 Å². The molecule has 0 amide bonds. The summed E-state index contributed by atoms with van der Waals surface area (Å²) in [6.07, 6.45) is 0. The maximum absolute atomic E-state index is 9.03. The van der Waals surface area contributed by atoms with Gasteiger partial charge in [0.25, 0.3) is 0 Å². The van der Waals surface area contributed by atoms with Gasteiger partial charge in [-0.2, -0.15) is 0 Å². The van der Waals surface area contributed by atoms with E-state index in [-0.39, 0.29) is 6.61 Å². The fraction of sp³-hybridized carbons (Fsp3) is 0.444. The number of ether oxygens (including phenoxy) is 1. The second kappa shape index (κ2) is 7.09. The van der Waals surface area contributed by atoms with E-state index in [1.165, 1.54) is 16.3 Å². The van der Waals surface area contributed by atoms with Crippen LogP contribution in [0, 0.1) is 0 Å². The molecular formula is C18H24N2O2. The van der Waals surface area contributed by atoms with Crippen molar-refractivity contribution in [3.8, 4) is 5.75 Å². The second-order valence-corrected chi connectivity index (χ2v) is 5.81. The number of rotatable bonds is 5. The summed E-state index contributed by atoms with van der Waals surface area (Å²) in [4.78, 5) is 4.79. The molecule has 1 aliphatic heterocycles. The molecule has 4 nitrogen and oxygen atoms in total. The van der Waals surface area contributed by atoms with Crippen LogP contribution in [0.5, 0.6) is 5.75 Å². The molecule has 1 N–H and O–H groups in total. The van der Waals surface area contributed by atoms with E-state index in [0.717, 1.165) is 45.0 Å². The minimum Gasteiger partial charge on any atom is -0.496 e. The molecule has 4 heteroatoms. The lowest BCUT2D eigenvalue weighted by Crippen LogP contribution is -2.46. The van der Waals surface area contributed by atoms with Crippen molar-refractivity contribution >= 4 is 10.8 Å². The first-order valence-electron chi connectivity index (χ1n) is 7.92. The second-order valence-electron chi connectivity index (χ2n) is 5.81. The van der Waals surface area contributed by atoms with Crippen molar-refractivity contribution in [2.45, 2.75) is 6.54 Å². The van der Waals surface area contributed by atoms with E-state index in [1.807, 2.05) is 0 Å². The Labute approximate surface area is 131 Å². The summed E-state index contributed by atoms with van der Waals surface area (Å²) in [7, 11) is 1.74. The number of fused-ring (bicyclic) bond motifs is 1. The Morgan fingerprint density at radius 1 is 1.00 bits per heavy atom. The van der Waals surface area contributed by atoms with Gasteiger partial charge in [0.2, 0.25) is 0 Å². The van der Waals surface area contributed by atoms with Crippen molar-refractivity contribution in [2.24, 2.45) is 0 Å². The van der Waals surface area contributed by atoms with Crippen LogP contribution in [0.1, 0.15) is 5.56 Å². The number of piperazine rings is 1. The number of nitrogens with zero attached hydrogens (tertiary/aromatic N) is 2. The summed E-state index contributed by atoms with van der Waals surface area (Å²) in [6.45, 7) is 6.06. The van der Waals surface area contributed by atoms with Gasteiger partial charge in [-0.25, -0.2) is 0 Å². The van der Waals surface area contributed by atoms with Crippen molar-refractivity contribution in [1.29, 1.82) is 0 Å². The van der Waals surface area contributed by atoms with Crippen LogP contribution in [0.25, 0.3) is 10.8 Å². The third kappa shape index (κ3) is 3.24. The number of benzene rings is 2. The monoisotopic (exact) mass is 300 g/mol. The fourth-order valence-electron chi connectivity index (χ4n) is 3.21. The highest BCUT2D eigenvalue weighted by atomic mass is 16.5. The predicted octanol–water partition coefficient (Wildman–Crippen LogP) is 1.96. The highest BCUT2D eigenvalue weighted by Gasteiger charge is 2.18. The van der Waals surface area contributed by atoms with Crippen LogP contribution >= 0.6 is 0 Å². The topological polar surface area (TPSA) is 35.9 Å². The maximum Gasteiger partial charge on any atom is 0.123 e. The first-order chi connectivity index (χ1) is 10.8. The largest absolute Gasteiger partial charge is 0.496 e. The molecule has 0 bridgehead atoms. The molecule has 1 fully saturated rings. The molecule has 0 saturated carbocycles. The SMILES string of the molecule is COc1ccc2ccccc2c1CN1CCN(CCO)CC1. The summed E-state index contributed by atoms with van der Waals surface area (Å²) in [6, 6.07) is 12.7. The molecule has 1 heterocycles. The van der Waals surface area contributed by atoms with Gasteiger partial charge in [-0.15, -0.1) is 0 Å². The van der Waals surface area contributed by atoms with Crippen LogP contribution in [-0.4, -0.2) is 61.3 Å². The molecule has 118 valence electrons. The van der Waals surface area contributed by atoms with E-state index in [1.54, 1.807) is 7.11 Å². The molecule has 0 aliphatic carbocycles. The molecule has 1 saturated heterocycles. The highest BCUT2D eigenvalue weighted by molar-refractivity contribution is 5.87. The third-order valence-corrected chi connectivity index (χ3v) is 4.48. The standard InChI is InChI=1S/C18H24N2O2/c1-22-18-7-6-15-4-2-3-5-16(15)17(18)14-20-10-8-19(9-11-20)12-13-21/h2-7,21H,8-14H2,1H3. The lowest BCUT2D eigenvalue weighted by molar-refractivity contribution is 0.108. The van der Waals surface area contributed by atoms with Crippen molar-refractivity contribution in [3.05, 3.63) is 42.0 Å². The van der Waals surface area contributed by atoms with E-state index in [0.29, 0.717) is 0 Å². The van der Waals surface area contributed by atoms with Crippen LogP contribution in [0.2, 0.25) is 0 Å². The van der Waals surface area contributed by atoms with Gasteiger partial charge in [0.1, 0.15) is 5.75 Å². The van der Waals surface area contributed by atoms with Crippen molar-refractivity contribution in [1.82, 2.24) is 9.80 Å². The van der Waals surface area contributed by atoms with Gasteiger partial charge in [-0.05, 0) is 16.8 Å². The smallest absolute Gasteiger partial charge is 0.123 e. The van der Waals surface area contributed by atoms with E-state index < -0.39 is 0 Å². The first-order valence-corrected chi connectivity index (χ1v) is 7.92. The predicted molar refractivity (Wildman–Crippen MR) is 89.3 cm³/mol. The molecule has 0 aromatic heterocycles. The maximum atomic E-state index is 9.03. The van der Waals surface area contributed by atoms with Gasteiger partial charge in [-0.1, -0.05) is 30.3 Å². The van der Waals surface area contributed by atoms with Crippen molar-refractivity contribution in [3.63, 3.8) is 0 Å². The molecule has 0 unspecified atom stereocenters. The van der Waals surface area contributed by atoms with Gasteiger partial charge in [0.15, 0.2) is 0 Å².